The van der Waals surface area contributed by atoms with Crippen LogP contribution in [0.15, 0.2) is 91.0 Å². The molecule has 0 aliphatic heterocycles. The van der Waals surface area contributed by atoms with Gasteiger partial charge in [0.15, 0.2) is 5.78 Å². The third-order valence-corrected chi connectivity index (χ3v) is 4.70. The van der Waals surface area contributed by atoms with Crippen LogP contribution in [0.3, 0.4) is 0 Å². The molecule has 136 valence electrons. The highest BCUT2D eigenvalue weighted by Gasteiger charge is 2.33. The summed E-state index contributed by atoms with van der Waals surface area (Å²) in [4.78, 5) is 25.6. The molecule has 27 heavy (non-hydrogen) atoms. The summed E-state index contributed by atoms with van der Waals surface area (Å²) in [7, 11) is 0. The number of carbonyl (C=O) groups excluding carboxylic acids is 2. The molecule has 0 heterocycles. The van der Waals surface area contributed by atoms with Crippen molar-refractivity contribution in [3.05, 3.63) is 108 Å². The minimum Gasteiger partial charge on any atom is -0.294 e. The first-order valence-electron chi connectivity index (χ1n) is 8.89. The summed E-state index contributed by atoms with van der Waals surface area (Å²) in [5.74, 6) is 4.21. The van der Waals surface area contributed by atoms with Gasteiger partial charge in [-0.2, -0.15) is 0 Å². The lowest BCUT2D eigenvalue weighted by molar-refractivity contribution is -0.121. The second-order valence-corrected chi connectivity index (χ2v) is 6.41. The van der Waals surface area contributed by atoms with Gasteiger partial charge >= 0.3 is 0 Å². The van der Waals surface area contributed by atoms with Crippen LogP contribution >= 0.6 is 0 Å². The lowest BCUT2D eigenvalue weighted by Gasteiger charge is -2.27. The first-order valence-corrected chi connectivity index (χ1v) is 8.89. The van der Waals surface area contributed by atoms with E-state index in [1.54, 1.807) is 0 Å². The van der Waals surface area contributed by atoms with Gasteiger partial charge in [-0.3, -0.25) is 15.0 Å². The van der Waals surface area contributed by atoms with Gasteiger partial charge in [-0.05, 0) is 11.1 Å². The van der Waals surface area contributed by atoms with Gasteiger partial charge in [-0.25, -0.2) is 5.84 Å². The summed E-state index contributed by atoms with van der Waals surface area (Å²) in [5, 5.41) is 0. The van der Waals surface area contributed by atoms with Gasteiger partial charge < -0.3 is 0 Å². The summed E-state index contributed by atoms with van der Waals surface area (Å²) in [5.41, 5.74) is 4.63. The number of hydrazine groups is 1. The molecule has 0 bridgehead atoms. The molecular weight excluding hydrogens is 336 g/mol. The number of hydrogen-bond donors (Lipinski definition) is 2. The van der Waals surface area contributed by atoms with Gasteiger partial charge in [0.2, 0.25) is 5.91 Å². The zero-order valence-corrected chi connectivity index (χ0v) is 14.9. The Balaban J connectivity index is 2.10. The maximum atomic E-state index is 13.5. The molecule has 0 aromatic heterocycles. The van der Waals surface area contributed by atoms with Crippen molar-refractivity contribution >= 4 is 11.7 Å². The Kier molecular flexibility index (Phi) is 6.13. The van der Waals surface area contributed by atoms with Crippen molar-refractivity contribution < 1.29 is 9.59 Å². The van der Waals surface area contributed by atoms with Crippen LogP contribution in [0.4, 0.5) is 0 Å². The molecule has 3 aromatic rings. The molecule has 0 aliphatic carbocycles. The topological polar surface area (TPSA) is 72.2 Å². The van der Waals surface area contributed by atoms with Crippen LogP contribution in [0.1, 0.15) is 39.7 Å². The van der Waals surface area contributed by atoms with Crippen molar-refractivity contribution in [1.29, 1.82) is 0 Å². The molecule has 4 heteroatoms. The van der Waals surface area contributed by atoms with E-state index in [2.05, 4.69) is 5.43 Å². The fourth-order valence-corrected chi connectivity index (χ4v) is 3.40. The van der Waals surface area contributed by atoms with Gasteiger partial charge in [-0.15, -0.1) is 0 Å². The Labute approximate surface area is 159 Å². The normalized spacial score (nSPS) is 12.8. The number of amides is 1. The van der Waals surface area contributed by atoms with Crippen LogP contribution in [0.2, 0.25) is 0 Å². The predicted molar refractivity (Wildman–Crippen MR) is 106 cm³/mol. The molecular formula is C23H22N2O2. The number of rotatable bonds is 7. The Morgan fingerprint density at radius 1 is 0.741 bits per heavy atom. The minimum atomic E-state index is -0.492. The molecule has 2 atom stereocenters. The van der Waals surface area contributed by atoms with E-state index < -0.39 is 5.92 Å². The van der Waals surface area contributed by atoms with E-state index in [4.69, 9.17) is 5.84 Å². The monoisotopic (exact) mass is 358 g/mol. The van der Waals surface area contributed by atoms with E-state index in [1.165, 1.54) is 0 Å². The van der Waals surface area contributed by atoms with E-state index in [0.717, 1.165) is 11.1 Å². The molecule has 3 N–H and O–H groups in total. The first-order chi connectivity index (χ1) is 13.2. The summed E-state index contributed by atoms with van der Waals surface area (Å²) < 4.78 is 0. The van der Waals surface area contributed by atoms with E-state index in [9.17, 15) is 9.59 Å². The van der Waals surface area contributed by atoms with E-state index in [0.29, 0.717) is 5.56 Å². The molecule has 2 unspecified atom stereocenters. The summed E-state index contributed by atoms with van der Waals surface area (Å²) in [6, 6.07) is 28.4. The van der Waals surface area contributed by atoms with Crippen LogP contribution in [-0.2, 0) is 4.79 Å². The molecule has 0 fully saturated rings. The Morgan fingerprint density at radius 3 is 1.74 bits per heavy atom. The van der Waals surface area contributed by atoms with Crippen LogP contribution in [0.5, 0.6) is 0 Å². The summed E-state index contributed by atoms with van der Waals surface area (Å²) >= 11 is 0. The number of ketones is 1. The van der Waals surface area contributed by atoms with Crippen molar-refractivity contribution in [3.63, 3.8) is 0 Å². The lowest BCUT2D eigenvalue weighted by atomic mass is 9.75. The second-order valence-electron chi connectivity index (χ2n) is 6.41. The van der Waals surface area contributed by atoms with Gasteiger partial charge in [0.25, 0.3) is 0 Å². The van der Waals surface area contributed by atoms with E-state index in [-0.39, 0.29) is 24.0 Å². The zero-order valence-electron chi connectivity index (χ0n) is 14.9. The summed E-state index contributed by atoms with van der Waals surface area (Å²) in [6.45, 7) is 0. The van der Waals surface area contributed by atoms with Crippen LogP contribution in [-0.4, -0.2) is 11.7 Å². The molecule has 3 rings (SSSR count). The van der Waals surface area contributed by atoms with Gasteiger partial charge in [0, 0.05) is 17.9 Å². The van der Waals surface area contributed by atoms with Gasteiger partial charge in [-0.1, -0.05) is 91.0 Å². The van der Waals surface area contributed by atoms with Crippen LogP contribution in [0.25, 0.3) is 0 Å². The number of Topliss-reactive ketones (excluding diaryl/α,β-unsaturated/α-hetero) is 1. The molecule has 0 radical (unpaired) electrons. The highest BCUT2D eigenvalue weighted by Crippen LogP contribution is 2.38. The largest absolute Gasteiger partial charge is 0.294 e. The number of benzene rings is 3. The maximum absolute atomic E-state index is 13.5. The Morgan fingerprint density at radius 2 is 1.22 bits per heavy atom. The molecule has 0 saturated carbocycles. The molecule has 4 nitrogen and oxygen atoms in total. The van der Waals surface area contributed by atoms with Crippen molar-refractivity contribution in [3.8, 4) is 0 Å². The quantitative estimate of drug-likeness (QED) is 0.292. The van der Waals surface area contributed by atoms with Crippen molar-refractivity contribution in [2.24, 2.45) is 5.84 Å². The fraction of sp³-hybridized carbons (Fsp3) is 0.130. The second kappa shape index (κ2) is 8.92. The van der Waals surface area contributed by atoms with E-state index >= 15 is 0 Å². The predicted octanol–water partition coefficient (Wildman–Crippen LogP) is 3.82. The minimum absolute atomic E-state index is 0.0134. The molecule has 0 spiro atoms. The first kappa shape index (κ1) is 18.5. The number of nitrogens with one attached hydrogen (secondary N) is 1. The molecule has 1 amide bonds. The highest BCUT2D eigenvalue weighted by molar-refractivity contribution is 6.02. The number of nitrogens with two attached hydrogens (primary N) is 1. The maximum Gasteiger partial charge on any atom is 0.234 e. The molecule has 3 aromatic carbocycles. The third kappa shape index (κ3) is 4.49. The number of hydrogen-bond acceptors (Lipinski definition) is 3. The van der Waals surface area contributed by atoms with Crippen LogP contribution < -0.4 is 11.3 Å². The van der Waals surface area contributed by atoms with E-state index in [1.807, 2.05) is 91.0 Å². The average molecular weight is 358 g/mol. The fourth-order valence-electron chi connectivity index (χ4n) is 3.40. The lowest BCUT2D eigenvalue weighted by Crippen LogP contribution is -2.33. The SMILES string of the molecule is NNC(=O)CC(c1ccccc1)C(C(=O)c1ccccc1)c1ccccc1. The average Bonchev–Trinajstić information content (AvgIpc) is 2.75. The van der Waals surface area contributed by atoms with Crippen molar-refractivity contribution in [1.82, 2.24) is 5.43 Å². The van der Waals surface area contributed by atoms with Crippen molar-refractivity contribution in [2.45, 2.75) is 18.3 Å². The number of carbonyl (C=O) groups is 2. The zero-order chi connectivity index (χ0) is 19.1. The summed E-state index contributed by atoms with van der Waals surface area (Å²) in [6.07, 6.45) is 0.124. The molecule has 0 saturated heterocycles. The standard InChI is InChI=1S/C23H22N2O2/c24-25-21(26)16-20(17-10-4-1-5-11-17)22(18-12-6-2-7-13-18)23(27)19-14-8-3-9-15-19/h1-15,20,22H,16,24H2,(H,25,26). The van der Waals surface area contributed by atoms with Crippen LogP contribution in [0, 0.1) is 0 Å². The Hall–Kier alpha value is -3.24. The third-order valence-electron chi connectivity index (χ3n) is 4.70. The van der Waals surface area contributed by atoms with Crippen molar-refractivity contribution in [2.75, 3.05) is 0 Å². The smallest absolute Gasteiger partial charge is 0.234 e. The highest BCUT2D eigenvalue weighted by atomic mass is 16.2. The van der Waals surface area contributed by atoms with Gasteiger partial charge in [0.05, 0.1) is 5.92 Å². The van der Waals surface area contributed by atoms with Gasteiger partial charge in [0.1, 0.15) is 0 Å². The molecule has 0 aliphatic rings. The Bertz CT molecular complexity index is 880.